The van der Waals surface area contributed by atoms with Crippen molar-refractivity contribution in [3.63, 3.8) is 0 Å². The smallest absolute Gasteiger partial charge is 0.276 e. The molecule has 0 spiro atoms. The summed E-state index contributed by atoms with van der Waals surface area (Å²) >= 11 is 0. The summed E-state index contributed by atoms with van der Waals surface area (Å²) in [7, 11) is 0. The van der Waals surface area contributed by atoms with E-state index in [0.717, 1.165) is 24.0 Å². The molecule has 0 radical (unpaired) electrons. The van der Waals surface area contributed by atoms with Crippen LogP contribution in [0.2, 0.25) is 0 Å². The Hall–Kier alpha value is -3.35. The van der Waals surface area contributed by atoms with Crippen molar-refractivity contribution in [1.29, 1.82) is 0 Å². The minimum atomic E-state index is -0.438. The second kappa shape index (κ2) is 11.2. The molecule has 1 saturated heterocycles. The topological polar surface area (TPSA) is 87.7 Å². The number of rotatable bonds is 7. The SMILES string of the molecule is CCc1ccccc1OCC(=O)NNC(=O)C1CCCN(C(=O)Cc2ccccc2)C1. The molecule has 0 aromatic heterocycles. The van der Waals surface area contributed by atoms with Gasteiger partial charge in [0.1, 0.15) is 5.75 Å². The molecule has 3 amide bonds. The average molecular weight is 424 g/mol. The van der Waals surface area contributed by atoms with Crippen molar-refractivity contribution in [1.82, 2.24) is 15.8 Å². The highest BCUT2D eigenvalue weighted by Crippen LogP contribution is 2.19. The predicted octanol–water partition coefficient (Wildman–Crippen LogP) is 2.26. The van der Waals surface area contributed by atoms with Crippen molar-refractivity contribution < 1.29 is 19.1 Å². The largest absolute Gasteiger partial charge is 0.483 e. The van der Waals surface area contributed by atoms with Gasteiger partial charge in [0.25, 0.3) is 5.91 Å². The zero-order valence-corrected chi connectivity index (χ0v) is 17.8. The summed E-state index contributed by atoms with van der Waals surface area (Å²) in [6, 6.07) is 17.1. The Labute approximate surface area is 182 Å². The summed E-state index contributed by atoms with van der Waals surface area (Å²) in [5, 5.41) is 0. The quantitative estimate of drug-likeness (QED) is 0.669. The van der Waals surface area contributed by atoms with E-state index in [4.69, 9.17) is 4.74 Å². The van der Waals surface area contributed by atoms with Gasteiger partial charge < -0.3 is 9.64 Å². The van der Waals surface area contributed by atoms with Crippen LogP contribution in [0.25, 0.3) is 0 Å². The zero-order valence-electron chi connectivity index (χ0n) is 17.8. The number of hydrazine groups is 1. The number of para-hydroxylation sites is 1. The summed E-state index contributed by atoms with van der Waals surface area (Å²) in [6.07, 6.45) is 2.55. The molecule has 1 unspecified atom stereocenters. The van der Waals surface area contributed by atoms with Crippen LogP contribution in [0.3, 0.4) is 0 Å². The Balaban J connectivity index is 1.43. The number of piperidine rings is 1. The minimum Gasteiger partial charge on any atom is -0.483 e. The van der Waals surface area contributed by atoms with Crippen LogP contribution in [0.5, 0.6) is 5.75 Å². The van der Waals surface area contributed by atoms with E-state index >= 15 is 0 Å². The first kappa shape index (κ1) is 22.3. The molecule has 0 aliphatic carbocycles. The molecule has 7 heteroatoms. The molecule has 7 nitrogen and oxygen atoms in total. The number of likely N-dealkylation sites (tertiary alicyclic amines) is 1. The van der Waals surface area contributed by atoms with Gasteiger partial charge >= 0.3 is 0 Å². The van der Waals surface area contributed by atoms with E-state index in [1.54, 1.807) is 4.90 Å². The first-order valence-electron chi connectivity index (χ1n) is 10.7. The Bertz CT molecular complexity index is 901. The minimum absolute atomic E-state index is 0.00993. The highest BCUT2D eigenvalue weighted by Gasteiger charge is 2.28. The monoisotopic (exact) mass is 423 g/mol. The molecule has 0 bridgehead atoms. The van der Waals surface area contributed by atoms with Gasteiger partial charge in [0.05, 0.1) is 12.3 Å². The standard InChI is InChI=1S/C24H29N3O4/c1-2-19-11-6-7-13-21(19)31-17-22(28)25-26-24(30)20-12-8-14-27(16-20)23(29)15-18-9-4-3-5-10-18/h3-7,9-11,13,20H,2,8,12,14-17H2,1H3,(H,25,28)(H,26,30). The molecule has 2 N–H and O–H groups in total. The van der Waals surface area contributed by atoms with Crippen molar-refractivity contribution in [3.8, 4) is 5.75 Å². The maximum absolute atomic E-state index is 12.6. The number of ether oxygens (including phenoxy) is 1. The average Bonchev–Trinajstić information content (AvgIpc) is 2.82. The lowest BCUT2D eigenvalue weighted by Crippen LogP contribution is -2.51. The number of nitrogens with zero attached hydrogens (tertiary/aromatic N) is 1. The maximum atomic E-state index is 12.6. The van der Waals surface area contributed by atoms with Crippen molar-refractivity contribution in [2.24, 2.45) is 5.92 Å². The first-order chi connectivity index (χ1) is 15.1. The lowest BCUT2D eigenvalue weighted by Gasteiger charge is -2.32. The van der Waals surface area contributed by atoms with Crippen LogP contribution in [-0.2, 0) is 27.2 Å². The van der Waals surface area contributed by atoms with E-state index in [1.807, 2.05) is 61.5 Å². The van der Waals surface area contributed by atoms with Crippen LogP contribution in [0.4, 0.5) is 0 Å². The number of carbonyl (C=O) groups is 3. The van der Waals surface area contributed by atoms with Crippen molar-refractivity contribution in [2.75, 3.05) is 19.7 Å². The number of hydrogen-bond acceptors (Lipinski definition) is 4. The summed E-state index contributed by atoms with van der Waals surface area (Å²) < 4.78 is 5.56. The summed E-state index contributed by atoms with van der Waals surface area (Å²) in [5.41, 5.74) is 6.84. The highest BCUT2D eigenvalue weighted by atomic mass is 16.5. The molecule has 164 valence electrons. The molecule has 1 heterocycles. The third-order valence-electron chi connectivity index (χ3n) is 5.38. The van der Waals surface area contributed by atoms with Crippen molar-refractivity contribution in [3.05, 3.63) is 65.7 Å². The molecule has 31 heavy (non-hydrogen) atoms. The lowest BCUT2D eigenvalue weighted by atomic mass is 9.97. The van der Waals surface area contributed by atoms with Crippen LogP contribution in [-0.4, -0.2) is 42.3 Å². The van der Waals surface area contributed by atoms with Gasteiger partial charge in [-0.25, -0.2) is 0 Å². The second-order valence-electron chi connectivity index (χ2n) is 7.63. The fourth-order valence-electron chi connectivity index (χ4n) is 3.65. The summed E-state index contributed by atoms with van der Waals surface area (Å²) in [5.74, 6) is -0.413. The van der Waals surface area contributed by atoms with Gasteiger partial charge in [-0.15, -0.1) is 0 Å². The van der Waals surface area contributed by atoms with Gasteiger partial charge in [-0.2, -0.15) is 0 Å². The van der Waals surface area contributed by atoms with Crippen LogP contribution < -0.4 is 15.6 Å². The molecule has 2 aromatic carbocycles. The van der Waals surface area contributed by atoms with E-state index in [-0.39, 0.29) is 24.3 Å². The first-order valence-corrected chi connectivity index (χ1v) is 10.7. The van der Waals surface area contributed by atoms with Crippen LogP contribution in [0, 0.1) is 5.92 Å². The highest BCUT2D eigenvalue weighted by molar-refractivity contribution is 5.85. The number of aryl methyl sites for hydroxylation is 1. The molecule has 1 fully saturated rings. The van der Waals surface area contributed by atoms with E-state index < -0.39 is 5.91 Å². The van der Waals surface area contributed by atoms with Gasteiger partial charge in [0.2, 0.25) is 11.8 Å². The predicted molar refractivity (Wildman–Crippen MR) is 117 cm³/mol. The molecule has 3 rings (SSSR count). The number of amides is 3. The molecular weight excluding hydrogens is 394 g/mol. The Morgan fingerprint density at radius 2 is 1.77 bits per heavy atom. The maximum Gasteiger partial charge on any atom is 0.276 e. The molecule has 1 aliphatic heterocycles. The van der Waals surface area contributed by atoms with Crippen LogP contribution in [0.1, 0.15) is 30.9 Å². The fourth-order valence-corrected chi connectivity index (χ4v) is 3.65. The molecule has 1 atom stereocenters. The molecule has 2 aromatic rings. The molecular formula is C24H29N3O4. The van der Waals surface area contributed by atoms with E-state index in [9.17, 15) is 14.4 Å². The van der Waals surface area contributed by atoms with E-state index in [0.29, 0.717) is 31.7 Å². The zero-order chi connectivity index (χ0) is 22.1. The van der Waals surface area contributed by atoms with Crippen LogP contribution in [0.15, 0.2) is 54.6 Å². The van der Waals surface area contributed by atoms with Crippen LogP contribution >= 0.6 is 0 Å². The fraction of sp³-hybridized carbons (Fsp3) is 0.375. The Morgan fingerprint density at radius 1 is 1.03 bits per heavy atom. The third-order valence-corrected chi connectivity index (χ3v) is 5.38. The molecule has 1 aliphatic rings. The lowest BCUT2D eigenvalue weighted by molar-refractivity contribution is -0.137. The van der Waals surface area contributed by atoms with Crippen molar-refractivity contribution in [2.45, 2.75) is 32.6 Å². The van der Waals surface area contributed by atoms with Gasteiger partial charge in [0, 0.05) is 13.1 Å². The third kappa shape index (κ3) is 6.57. The summed E-state index contributed by atoms with van der Waals surface area (Å²) in [4.78, 5) is 38.9. The molecule has 0 saturated carbocycles. The van der Waals surface area contributed by atoms with Gasteiger partial charge in [0.15, 0.2) is 6.61 Å². The van der Waals surface area contributed by atoms with Gasteiger partial charge in [-0.3, -0.25) is 25.2 Å². The summed E-state index contributed by atoms with van der Waals surface area (Å²) in [6.45, 7) is 2.82. The Kier molecular flexibility index (Phi) is 8.04. The van der Waals surface area contributed by atoms with E-state index in [2.05, 4.69) is 10.9 Å². The Morgan fingerprint density at radius 3 is 2.55 bits per heavy atom. The van der Waals surface area contributed by atoms with E-state index in [1.165, 1.54) is 0 Å². The van der Waals surface area contributed by atoms with Gasteiger partial charge in [-0.05, 0) is 36.5 Å². The normalized spacial score (nSPS) is 15.8. The number of carbonyl (C=O) groups excluding carboxylic acids is 3. The number of nitrogens with one attached hydrogen (secondary N) is 2. The van der Waals surface area contributed by atoms with Crippen molar-refractivity contribution >= 4 is 17.7 Å². The number of hydrogen-bond donors (Lipinski definition) is 2. The van der Waals surface area contributed by atoms with Gasteiger partial charge in [-0.1, -0.05) is 55.5 Å². The number of benzene rings is 2. The second-order valence-corrected chi connectivity index (χ2v) is 7.63.